The van der Waals surface area contributed by atoms with E-state index in [1.807, 2.05) is 19.1 Å². The van der Waals surface area contributed by atoms with E-state index in [0.29, 0.717) is 5.69 Å². The summed E-state index contributed by atoms with van der Waals surface area (Å²) in [6.45, 7) is 10.9. The average Bonchev–Trinajstić information content (AvgIpc) is 2.62. The molecule has 1 aliphatic rings. The molecule has 0 aromatic heterocycles. The highest BCUT2D eigenvalue weighted by Crippen LogP contribution is 2.40. The molecule has 0 aliphatic heterocycles. The van der Waals surface area contributed by atoms with E-state index in [1.54, 1.807) is 30.3 Å². The van der Waals surface area contributed by atoms with Crippen molar-refractivity contribution in [3.63, 3.8) is 0 Å². The molecule has 3 heteroatoms. The zero-order valence-electron chi connectivity index (χ0n) is 18.3. The molecule has 0 saturated carbocycles. The summed E-state index contributed by atoms with van der Waals surface area (Å²) in [5, 5.41) is 12.1. The molecule has 2 N–H and O–H groups in total. The second kappa shape index (κ2) is 10.1. The van der Waals surface area contributed by atoms with Gasteiger partial charge < -0.3 is 10.4 Å². The number of aromatic hydroxyl groups is 1. The van der Waals surface area contributed by atoms with Crippen molar-refractivity contribution in [3.8, 4) is 5.75 Å². The normalized spacial score (nSPS) is 18.0. The molecule has 0 bridgehead atoms. The van der Waals surface area contributed by atoms with Gasteiger partial charge in [0.2, 0.25) is 5.91 Å². The molecule has 1 aromatic rings. The zero-order valence-corrected chi connectivity index (χ0v) is 18.3. The number of phenolic OH excluding ortho intramolecular Hbond substituents is 1. The Bertz CT molecular complexity index is 878. The number of hydrogen-bond acceptors (Lipinski definition) is 2. The lowest BCUT2D eigenvalue weighted by atomic mass is 9.72. The molecule has 0 saturated heterocycles. The van der Waals surface area contributed by atoms with Crippen LogP contribution in [0.25, 0.3) is 0 Å². The molecular formula is C26H33NO2. The van der Waals surface area contributed by atoms with E-state index < -0.39 is 0 Å². The Labute approximate surface area is 175 Å². The molecule has 0 spiro atoms. The van der Waals surface area contributed by atoms with Gasteiger partial charge in [0.05, 0.1) is 0 Å². The summed E-state index contributed by atoms with van der Waals surface area (Å²) in [6, 6.07) is 6.41. The van der Waals surface area contributed by atoms with Crippen LogP contribution >= 0.6 is 0 Å². The SMILES string of the molecule is CC(C=CC=C(C)/C=C\C1=C(C)CCCC1(C)C)=CC(=O)Nc1ccc(O)cc1. The first kappa shape index (κ1) is 22.5. The molecule has 1 amide bonds. The second-order valence-electron chi connectivity index (χ2n) is 8.46. The average molecular weight is 392 g/mol. The topological polar surface area (TPSA) is 49.3 Å². The van der Waals surface area contributed by atoms with E-state index in [4.69, 9.17) is 0 Å². The Kier molecular flexibility index (Phi) is 7.83. The number of anilines is 1. The quantitative estimate of drug-likeness (QED) is 0.316. The van der Waals surface area contributed by atoms with Crippen LogP contribution in [0.1, 0.15) is 53.9 Å². The van der Waals surface area contributed by atoms with E-state index in [2.05, 4.69) is 51.2 Å². The van der Waals surface area contributed by atoms with Crippen LogP contribution in [0.3, 0.4) is 0 Å². The van der Waals surface area contributed by atoms with Crippen molar-refractivity contribution < 1.29 is 9.90 Å². The number of benzene rings is 1. The van der Waals surface area contributed by atoms with Crippen LogP contribution in [0.2, 0.25) is 0 Å². The minimum atomic E-state index is -0.194. The van der Waals surface area contributed by atoms with Crippen molar-refractivity contribution in [1.82, 2.24) is 0 Å². The Morgan fingerprint density at radius 1 is 1.10 bits per heavy atom. The van der Waals surface area contributed by atoms with Gasteiger partial charge in [-0.2, -0.15) is 0 Å². The van der Waals surface area contributed by atoms with Gasteiger partial charge in [0.15, 0.2) is 0 Å². The van der Waals surface area contributed by atoms with Gasteiger partial charge in [-0.1, -0.05) is 55.4 Å². The van der Waals surface area contributed by atoms with Gasteiger partial charge >= 0.3 is 0 Å². The number of carbonyl (C=O) groups is 1. The maximum Gasteiger partial charge on any atom is 0.248 e. The first-order valence-corrected chi connectivity index (χ1v) is 10.2. The largest absolute Gasteiger partial charge is 0.508 e. The third-order valence-corrected chi connectivity index (χ3v) is 5.27. The summed E-state index contributed by atoms with van der Waals surface area (Å²) in [4.78, 5) is 12.1. The Morgan fingerprint density at radius 2 is 1.79 bits per heavy atom. The lowest BCUT2D eigenvalue weighted by Gasteiger charge is -2.32. The van der Waals surface area contributed by atoms with E-state index in [0.717, 1.165) is 5.57 Å². The number of amides is 1. The predicted octanol–water partition coefficient (Wildman–Crippen LogP) is 6.86. The number of phenols is 1. The van der Waals surface area contributed by atoms with Gasteiger partial charge in [0.1, 0.15) is 5.75 Å². The number of nitrogens with one attached hydrogen (secondary N) is 1. The molecular weight excluding hydrogens is 358 g/mol. The van der Waals surface area contributed by atoms with Crippen LogP contribution in [0, 0.1) is 5.41 Å². The highest BCUT2D eigenvalue weighted by molar-refractivity contribution is 5.99. The molecule has 0 unspecified atom stereocenters. The Hall–Kier alpha value is -2.81. The first-order valence-electron chi connectivity index (χ1n) is 10.2. The van der Waals surface area contributed by atoms with Crippen molar-refractivity contribution in [3.05, 3.63) is 83.0 Å². The van der Waals surface area contributed by atoms with E-state index in [1.165, 1.54) is 36.0 Å². The summed E-state index contributed by atoms with van der Waals surface area (Å²) in [6.07, 6.45) is 15.6. The molecule has 154 valence electrons. The maximum absolute atomic E-state index is 12.1. The fourth-order valence-electron chi connectivity index (χ4n) is 3.61. The molecule has 0 radical (unpaired) electrons. The molecule has 1 aliphatic carbocycles. The Morgan fingerprint density at radius 3 is 2.45 bits per heavy atom. The third-order valence-electron chi connectivity index (χ3n) is 5.27. The maximum atomic E-state index is 12.1. The minimum absolute atomic E-state index is 0.173. The molecule has 0 fully saturated rings. The van der Waals surface area contributed by atoms with Crippen LogP contribution < -0.4 is 5.32 Å². The molecule has 0 atom stereocenters. The van der Waals surface area contributed by atoms with Gasteiger partial charge in [-0.25, -0.2) is 0 Å². The molecule has 1 aromatic carbocycles. The number of allylic oxidation sites excluding steroid dienone is 9. The molecule has 29 heavy (non-hydrogen) atoms. The van der Waals surface area contributed by atoms with Crippen molar-refractivity contribution >= 4 is 11.6 Å². The molecule has 0 heterocycles. The smallest absolute Gasteiger partial charge is 0.248 e. The molecule has 3 nitrogen and oxygen atoms in total. The van der Waals surface area contributed by atoms with Crippen molar-refractivity contribution in [2.75, 3.05) is 5.32 Å². The lowest BCUT2D eigenvalue weighted by Crippen LogP contribution is -2.19. The summed E-state index contributed by atoms with van der Waals surface area (Å²) >= 11 is 0. The summed E-state index contributed by atoms with van der Waals surface area (Å²) in [5.41, 5.74) is 5.89. The van der Waals surface area contributed by atoms with Gasteiger partial charge in [0.25, 0.3) is 0 Å². The van der Waals surface area contributed by atoms with Crippen LogP contribution in [0.15, 0.2) is 83.0 Å². The van der Waals surface area contributed by atoms with Gasteiger partial charge in [-0.3, -0.25) is 4.79 Å². The van der Waals surface area contributed by atoms with Gasteiger partial charge in [-0.15, -0.1) is 0 Å². The summed E-state index contributed by atoms with van der Waals surface area (Å²) in [7, 11) is 0. The number of carbonyl (C=O) groups excluding carboxylic acids is 1. The minimum Gasteiger partial charge on any atom is -0.508 e. The first-order chi connectivity index (χ1) is 13.7. The second-order valence-corrected chi connectivity index (χ2v) is 8.46. The van der Waals surface area contributed by atoms with Crippen molar-refractivity contribution in [2.45, 2.75) is 53.9 Å². The highest BCUT2D eigenvalue weighted by Gasteiger charge is 2.26. The predicted molar refractivity (Wildman–Crippen MR) is 123 cm³/mol. The van der Waals surface area contributed by atoms with Crippen LogP contribution in [0.4, 0.5) is 5.69 Å². The number of hydrogen-bond donors (Lipinski definition) is 2. The Balaban J connectivity index is 1.95. The van der Waals surface area contributed by atoms with Gasteiger partial charge in [-0.05, 0) is 80.9 Å². The fourth-order valence-corrected chi connectivity index (χ4v) is 3.61. The van der Waals surface area contributed by atoms with Crippen molar-refractivity contribution in [2.24, 2.45) is 5.41 Å². The fraction of sp³-hybridized carbons (Fsp3) is 0.346. The van der Waals surface area contributed by atoms with Crippen LogP contribution in [0.5, 0.6) is 5.75 Å². The lowest BCUT2D eigenvalue weighted by molar-refractivity contribution is -0.111. The summed E-state index contributed by atoms with van der Waals surface area (Å²) < 4.78 is 0. The highest BCUT2D eigenvalue weighted by atomic mass is 16.3. The number of rotatable bonds is 6. The monoisotopic (exact) mass is 391 g/mol. The standard InChI is InChI=1S/C26H33NO2/c1-19(11-16-24-21(3)10-7-17-26(24,4)5)8-6-9-20(2)18-25(29)27-22-12-14-23(28)15-13-22/h6,8-9,11-16,18,28H,7,10,17H2,1-5H3,(H,27,29)/b9-6?,16-11-,19-8?,20-18?. The third kappa shape index (κ3) is 7.26. The summed E-state index contributed by atoms with van der Waals surface area (Å²) in [5.74, 6) is -0.0206. The van der Waals surface area contributed by atoms with Crippen molar-refractivity contribution in [1.29, 1.82) is 0 Å². The van der Waals surface area contributed by atoms with Crippen LogP contribution in [-0.4, -0.2) is 11.0 Å². The van der Waals surface area contributed by atoms with Crippen LogP contribution in [-0.2, 0) is 4.79 Å². The molecule has 2 rings (SSSR count). The van der Waals surface area contributed by atoms with E-state index in [9.17, 15) is 9.90 Å². The zero-order chi connectivity index (χ0) is 21.4. The van der Waals surface area contributed by atoms with E-state index >= 15 is 0 Å². The van der Waals surface area contributed by atoms with Gasteiger partial charge in [0, 0.05) is 11.8 Å². The van der Waals surface area contributed by atoms with E-state index in [-0.39, 0.29) is 17.1 Å².